The Hall–Kier alpha value is -0.650. The van der Waals surface area contributed by atoms with Gasteiger partial charge in [0.1, 0.15) is 0 Å². The molecule has 1 fully saturated rings. The molecule has 0 unspecified atom stereocenters. The molecule has 1 saturated heterocycles. The lowest BCUT2D eigenvalue weighted by atomic mass is 10.2. The van der Waals surface area contributed by atoms with Crippen LogP contribution in [0.5, 0.6) is 0 Å². The maximum Gasteiger partial charge on any atom is 0.305 e. The first-order valence-corrected chi connectivity index (χ1v) is 5.42. The Labute approximate surface area is 96.0 Å². The molecule has 0 atom stereocenters. The van der Waals surface area contributed by atoms with Crippen LogP contribution in [-0.2, 0) is 23.7 Å². The summed E-state index contributed by atoms with van der Waals surface area (Å²) in [6.07, 6.45) is 0.559. The van der Waals surface area contributed by atoms with Crippen molar-refractivity contribution in [1.29, 1.82) is 0 Å². The third kappa shape index (κ3) is 4.08. The van der Waals surface area contributed by atoms with Gasteiger partial charge in [0.25, 0.3) is 5.97 Å². The minimum absolute atomic E-state index is 0.215. The topological polar surface area (TPSA) is 54.0 Å². The predicted octanol–water partition coefficient (Wildman–Crippen LogP) is 1.46. The van der Waals surface area contributed by atoms with Gasteiger partial charge in [-0.1, -0.05) is 0 Å². The molecule has 1 heterocycles. The first kappa shape index (κ1) is 13.4. The number of methoxy groups -OCH3 is 1. The van der Waals surface area contributed by atoms with Gasteiger partial charge in [-0.3, -0.25) is 4.79 Å². The van der Waals surface area contributed by atoms with Gasteiger partial charge in [0, 0.05) is 6.42 Å². The van der Waals surface area contributed by atoms with E-state index < -0.39 is 5.97 Å². The van der Waals surface area contributed by atoms with Crippen LogP contribution in [0.2, 0.25) is 0 Å². The molecule has 0 aromatic heterocycles. The zero-order valence-corrected chi connectivity index (χ0v) is 10.4. The van der Waals surface area contributed by atoms with Crippen molar-refractivity contribution in [3.8, 4) is 0 Å². The second-order valence-corrected chi connectivity index (χ2v) is 4.67. The van der Waals surface area contributed by atoms with Gasteiger partial charge in [-0.05, 0) is 20.8 Å². The molecule has 0 aromatic carbocycles. The van der Waals surface area contributed by atoms with Crippen molar-refractivity contribution in [3.63, 3.8) is 0 Å². The predicted molar refractivity (Wildman–Crippen MR) is 56.7 cm³/mol. The standard InChI is InChI=1S/C11H20O5/c1-10(2,3)16-11(14-7-8-15-11)6-5-9(12)13-4/h5-8H2,1-4H3. The lowest BCUT2D eigenvalue weighted by molar-refractivity contribution is -0.364. The molecule has 0 aliphatic carbocycles. The quantitative estimate of drug-likeness (QED) is 0.687. The van der Waals surface area contributed by atoms with Crippen LogP contribution >= 0.6 is 0 Å². The van der Waals surface area contributed by atoms with Crippen LogP contribution in [0.1, 0.15) is 33.6 Å². The third-order valence-electron chi connectivity index (χ3n) is 2.05. The summed E-state index contributed by atoms with van der Waals surface area (Å²) < 4.78 is 21.2. The van der Waals surface area contributed by atoms with Gasteiger partial charge >= 0.3 is 5.97 Å². The number of ether oxygens (including phenoxy) is 4. The molecule has 0 aromatic rings. The third-order valence-corrected chi connectivity index (χ3v) is 2.05. The van der Waals surface area contributed by atoms with Gasteiger partial charge in [-0.15, -0.1) is 0 Å². The van der Waals surface area contributed by atoms with Gasteiger partial charge < -0.3 is 18.9 Å². The van der Waals surface area contributed by atoms with Crippen molar-refractivity contribution >= 4 is 5.97 Å². The maximum atomic E-state index is 11.1. The highest BCUT2D eigenvalue weighted by Crippen LogP contribution is 2.31. The van der Waals surface area contributed by atoms with Crippen LogP contribution in [0, 0.1) is 0 Å². The molecular weight excluding hydrogens is 212 g/mol. The van der Waals surface area contributed by atoms with Crippen LogP contribution in [0.25, 0.3) is 0 Å². The fourth-order valence-corrected chi connectivity index (χ4v) is 1.51. The Kier molecular flexibility index (Phi) is 4.29. The van der Waals surface area contributed by atoms with Crippen LogP contribution in [0.4, 0.5) is 0 Å². The summed E-state index contributed by atoms with van der Waals surface area (Å²) in [6, 6.07) is 0. The van der Waals surface area contributed by atoms with Crippen LogP contribution < -0.4 is 0 Å². The fraction of sp³-hybridized carbons (Fsp3) is 0.909. The SMILES string of the molecule is COC(=O)CCC1(OC(C)(C)C)OCCO1. The van der Waals surface area contributed by atoms with E-state index in [1.165, 1.54) is 7.11 Å². The molecular formula is C11H20O5. The van der Waals surface area contributed by atoms with Crippen molar-refractivity contribution < 1.29 is 23.7 Å². The number of carbonyl (C=O) groups excluding carboxylic acids is 1. The van der Waals surface area contributed by atoms with Gasteiger partial charge in [0.2, 0.25) is 0 Å². The largest absolute Gasteiger partial charge is 0.469 e. The van der Waals surface area contributed by atoms with Crippen LogP contribution in [0.3, 0.4) is 0 Å². The van der Waals surface area contributed by atoms with E-state index in [2.05, 4.69) is 4.74 Å². The maximum absolute atomic E-state index is 11.1. The summed E-state index contributed by atoms with van der Waals surface area (Å²) in [7, 11) is 1.36. The second-order valence-electron chi connectivity index (χ2n) is 4.67. The van der Waals surface area contributed by atoms with E-state index in [0.29, 0.717) is 19.6 Å². The summed E-state index contributed by atoms with van der Waals surface area (Å²) in [5.41, 5.74) is -0.388. The van der Waals surface area contributed by atoms with Crippen molar-refractivity contribution in [3.05, 3.63) is 0 Å². The average molecular weight is 232 g/mol. The smallest absolute Gasteiger partial charge is 0.305 e. The van der Waals surface area contributed by atoms with E-state index in [-0.39, 0.29) is 18.0 Å². The first-order valence-electron chi connectivity index (χ1n) is 5.42. The van der Waals surface area contributed by atoms with Crippen LogP contribution in [-0.4, -0.2) is 37.9 Å². The van der Waals surface area contributed by atoms with Crippen molar-refractivity contribution in [2.45, 2.75) is 45.2 Å². The highest BCUT2D eigenvalue weighted by atomic mass is 16.9. The van der Waals surface area contributed by atoms with Crippen molar-refractivity contribution in [2.75, 3.05) is 20.3 Å². The van der Waals surface area contributed by atoms with E-state index in [1.54, 1.807) is 0 Å². The molecule has 0 saturated carbocycles. The molecule has 0 amide bonds. The Bertz CT molecular complexity index is 237. The van der Waals surface area contributed by atoms with E-state index in [4.69, 9.17) is 14.2 Å². The summed E-state index contributed by atoms with van der Waals surface area (Å²) in [5, 5.41) is 0. The molecule has 0 N–H and O–H groups in total. The van der Waals surface area contributed by atoms with E-state index in [1.807, 2.05) is 20.8 Å². The minimum atomic E-state index is -1.09. The van der Waals surface area contributed by atoms with E-state index >= 15 is 0 Å². The molecule has 5 heteroatoms. The van der Waals surface area contributed by atoms with Crippen molar-refractivity contribution in [1.82, 2.24) is 0 Å². The van der Waals surface area contributed by atoms with Crippen LogP contribution in [0.15, 0.2) is 0 Å². The Morgan fingerprint density at radius 1 is 1.31 bits per heavy atom. The molecule has 16 heavy (non-hydrogen) atoms. The zero-order valence-electron chi connectivity index (χ0n) is 10.4. The summed E-state index contributed by atoms with van der Waals surface area (Å²) in [4.78, 5) is 11.1. The normalized spacial score (nSPS) is 19.8. The molecule has 1 rings (SSSR count). The number of rotatable bonds is 4. The fourth-order valence-electron chi connectivity index (χ4n) is 1.51. The summed E-state index contributed by atoms with van der Waals surface area (Å²) in [6.45, 7) is 6.71. The molecule has 1 aliphatic rings. The van der Waals surface area contributed by atoms with Gasteiger partial charge in [0.05, 0.1) is 32.3 Å². The minimum Gasteiger partial charge on any atom is -0.469 e. The lowest BCUT2D eigenvalue weighted by Crippen LogP contribution is -2.41. The lowest BCUT2D eigenvalue weighted by Gasteiger charge is -2.33. The Morgan fingerprint density at radius 3 is 2.31 bits per heavy atom. The number of hydrogen-bond acceptors (Lipinski definition) is 5. The number of esters is 1. The highest BCUT2D eigenvalue weighted by molar-refractivity contribution is 5.69. The molecule has 0 radical (unpaired) electrons. The average Bonchev–Trinajstić information content (AvgIpc) is 2.60. The molecule has 0 bridgehead atoms. The van der Waals surface area contributed by atoms with Gasteiger partial charge in [0.15, 0.2) is 0 Å². The van der Waals surface area contributed by atoms with E-state index in [0.717, 1.165) is 0 Å². The molecule has 5 nitrogen and oxygen atoms in total. The highest BCUT2D eigenvalue weighted by Gasteiger charge is 2.41. The number of hydrogen-bond donors (Lipinski definition) is 0. The Morgan fingerprint density at radius 2 is 1.88 bits per heavy atom. The zero-order chi connectivity index (χ0) is 12.2. The monoisotopic (exact) mass is 232 g/mol. The summed E-state index contributed by atoms with van der Waals surface area (Å²) in [5.74, 6) is -1.39. The summed E-state index contributed by atoms with van der Waals surface area (Å²) >= 11 is 0. The van der Waals surface area contributed by atoms with Gasteiger partial charge in [-0.2, -0.15) is 0 Å². The number of carbonyl (C=O) groups is 1. The molecule has 94 valence electrons. The first-order chi connectivity index (χ1) is 7.37. The van der Waals surface area contributed by atoms with E-state index in [9.17, 15) is 4.79 Å². The molecule has 1 aliphatic heterocycles. The molecule has 0 spiro atoms. The van der Waals surface area contributed by atoms with Gasteiger partial charge in [-0.25, -0.2) is 0 Å². The second kappa shape index (κ2) is 5.12. The Balaban J connectivity index is 2.55. The van der Waals surface area contributed by atoms with Crippen molar-refractivity contribution in [2.24, 2.45) is 0 Å².